The number of hydrogen-bond acceptors (Lipinski definition) is 5. The van der Waals surface area contributed by atoms with E-state index in [0.717, 1.165) is 27.5 Å². The average Bonchev–Trinajstić information content (AvgIpc) is 2.62. The quantitative estimate of drug-likeness (QED) is 0.769. The first-order valence-corrected chi connectivity index (χ1v) is 11.7. The predicted octanol–water partition coefficient (Wildman–Crippen LogP) is 4.06. The summed E-state index contributed by atoms with van der Waals surface area (Å²) in [6.07, 6.45) is 0. The molecule has 26 heavy (non-hydrogen) atoms. The van der Waals surface area contributed by atoms with Crippen LogP contribution in [0.15, 0.2) is 51.1 Å². The minimum absolute atomic E-state index is 0.229. The van der Waals surface area contributed by atoms with E-state index in [0.29, 0.717) is 23.5 Å². The Morgan fingerprint density at radius 2 is 1.73 bits per heavy atom. The van der Waals surface area contributed by atoms with Crippen LogP contribution in [-0.2, 0) is 10.0 Å². The molecule has 7 heteroatoms. The standard InChI is InChI=1S/C19H20N2O2S3/c1-14-9-15(2)11-17(10-14)25-18-4-3-16(13-20)12-19(18)26(22,23)21-5-7-24-8-6-21/h3-4,9-12H,5-8H2,1-2H3. The number of sulfonamides is 1. The molecule has 2 aromatic carbocycles. The summed E-state index contributed by atoms with van der Waals surface area (Å²) in [7, 11) is -3.62. The van der Waals surface area contributed by atoms with E-state index < -0.39 is 10.0 Å². The Balaban J connectivity index is 2.04. The van der Waals surface area contributed by atoms with Crippen LogP contribution in [0.1, 0.15) is 16.7 Å². The molecule has 4 nitrogen and oxygen atoms in total. The van der Waals surface area contributed by atoms with Gasteiger partial charge in [-0.2, -0.15) is 21.3 Å². The van der Waals surface area contributed by atoms with Crippen molar-refractivity contribution in [2.45, 2.75) is 28.5 Å². The van der Waals surface area contributed by atoms with Crippen molar-refractivity contribution in [3.05, 3.63) is 53.1 Å². The summed E-state index contributed by atoms with van der Waals surface area (Å²) in [5, 5.41) is 9.22. The second kappa shape index (κ2) is 8.05. The molecule has 0 atom stereocenters. The lowest BCUT2D eigenvalue weighted by Crippen LogP contribution is -2.38. The van der Waals surface area contributed by atoms with E-state index in [1.54, 1.807) is 23.9 Å². The van der Waals surface area contributed by atoms with E-state index >= 15 is 0 Å². The molecule has 0 amide bonds. The van der Waals surface area contributed by atoms with Crippen LogP contribution in [0.25, 0.3) is 0 Å². The third kappa shape index (κ3) is 4.26. The van der Waals surface area contributed by atoms with Crippen LogP contribution in [0.2, 0.25) is 0 Å². The minimum atomic E-state index is -3.62. The van der Waals surface area contributed by atoms with Gasteiger partial charge in [-0.05, 0) is 55.3 Å². The maximum atomic E-state index is 13.2. The van der Waals surface area contributed by atoms with Crippen molar-refractivity contribution < 1.29 is 8.42 Å². The minimum Gasteiger partial charge on any atom is -0.207 e. The number of thioether (sulfide) groups is 1. The average molecular weight is 405 g/mol. The normalized spacial score (nSPS) is 15.6. The van der Waals surface area contributed by atoms with Crippen molar-refractivity contribution in [2.24, 2.45) is 0 Å². The third-order valence-corrected chi connectivity index (χ3v) is 8.14. The molecule has 1 heterocycles. The van der Waals surface area contributed by atoms with Crippen molar-refractivity contribution in [1.29, 1.82) is 5.26 Å². The largest absolute Gasteiger partial charge is 0.244 e. The number of benzene rings is 2. The van der Waals surface area contributed by atoms with Crippen molar-refractivity contribution in [3.8, 4) is 6.07 Å². The van der Waals surface area contributed by atoms with Crippen LogP contribution < -0.4 is 0 Å². The fourth-order valence-electron chi connectivity index (χ4n) is 2.91. The second-order valence-corrected chi connectivity index (χ2v) is 10.5. The molecule has 0 aromatic heterocycles. The summed E-state index contributed by atoms with van der Waals surface area (Å²) in [6.45, 7) is 5.08. The van der Waals surface area contributed by atoms with E-state index in [1.165, 1.54) is 22.1 Å². The summed E-state index contributed by atoms with van der Waals surface area (Å²) in [5.74, 6) is 1.60. The van der Waals surface area contributed by atoms with Crippen LogP contribution in [-0.4, -0.2) is 37.3 Å². The van der Waals surface area contributed by atoms with Crippen molar-refractivity contribution in [2.75, 3.05) is 24.6 Å². The molecule has 0 saturated carbocycles. The molecule has 2 aromatic rings. The fourth-order valence-corrected chi connectivity index (χ4v) is 7.06. The van der Waals surface area contributed by atoms with E-state index in [1.807, 2.05) is 26.0 Å². The first kappa shape index (κ1) is 19.3. The highest BCUT2D eigenvalue weighted by Gasteiger charge is 2.29. The molecule has 0 unspecified atom stereocenters. The van der Waals surface area contributed by atoms with Gasteiger partial charge in [-0.15, -0.1) is 0 Å². The van der Waals surface area contributed by atoms with E-state index in [-0.39, 0.29) is 4.90 Å². The molecule has 1 aliphatic heterocycles. The molecule has 0 bridgehead atoms. The summed E-state index contributed by atoms with van der Waals surface area (Å²) in [5.41, 5.74) is 2.64. The van der Waals surface area contributed by atoms with Gasteiger partial charge in [-0.1, -0.05) is 17.8 Å². The predicted molar refractivity (Wildman–Crippen MR) is 107 cm³/mol. The van der Waals surface area contributed by atoms with Gasteiger partial charge in [0.25, 0.3) is 0 Å². The summed E-state index contributed by atoms with van der Waals surface area (Å²) >= 11 is 3.20. The summed E-state index contributed by atoms with van der Waals surface area (Å²) in [4.78, 5) is 1.89. The van der Waals surface area contributed by atoms with Gasteiger partial charge in [0.15, 0.2) is 0 Å². The van der Waals surface area contributed by atoms with Gasteiger partial charge in [-0.25, -0.2) is 8.42 Å². The first-order valence-electron chi connectivity index (χ1n) is 8.28. The Morgan fingerprint density at radius 3 is 2.35 bits per heavy atom. The molecule has 3 rings (SSSR count). The second-order valence-electron chi connectivity index (χ2n) is 6.22. The van der Waals surface area contributed by atoms with Crippen LogP contribution in [0.4, 0.5) is 0 Å². The fraction of sp³-hybridized carbons (Fsp3) is 0.316. The SMILES string of the molecule is Cc1cc(C)cc(Sc2ccc(C#N)cc2S(=O)(=O)N2CCSCC2)c1. The van der Waals surface area contributed by atoms with E-state index in [4.69, 9.17) is 0 Å². The number of rotatable bonds is 4. The molecule has 1 saturated heterocycles. The Hall–Kier alpha value is -1.46. The lowest BCUT2D eigenvalue weighted by molar-refractivity contribution is 0.442. The molecule has 0 spiro atoms. The number of nitrogens with zero attached hydrogens (tertiary/aromatic N) is 2. The van der Waals surface area contributed by atoms with Crippen molar-refractivity contribution in [1.82, 2.24) is 4.31 Å². The Kier molecular flexibility index (Phi) is 5.98. The zero-order chi connectivity index (χ0) is 18.7. The highest BCUT2D eigenvalue weighted by atomic mass is 32.2. The zero-order valence-corrected chi connectivity index (χ0v) is 17.2. The third-order valence-electron chi connectivity index (χ3n) is 4.08. The van der Waals surface area contributed by atoms with Gasteiger partial charge in [-0.3, -0.25) is 0 Å². The molecular weight excluding hydrogens is 384 g/mol. The smallest absolute Gasteiger partial charge is 0.207 e. The van der Waals surface area contributed by atoms with Gasteiger partial charge in [0, 0.05) is 34.4 Å². The van der Waals surface area contributed by atoms with Gasteiger partial charge < -0.3 is 0 Å². The topological polar surface area (TPSA) is 61.2 Å². The van der Waals surface area contributed by atoms with Gasteiger partial charge >= 0.3 is 0 Å². The molecule has 136 valence electrons. The van der Waals surface area contributed by atoms with Crippen molar-refractivity contribution >= 4 is 33.5 Å². The van der Waals surface area contributed by atoms with Crippen molar-refractivity contribution in [3.63, 3.8) is 0 Å². The molecule has 1 aliphatic rings. The van der Waals surface area contributed by atoms with Crippen LogP contribution >= 0.6 is 23.5 Å². The van der Waals surface area contributed by atoms with Gasteiger partial charge in [0.2, 0.25) is 10.0 Å². The lowest BCUT2D eigenvalue weighted by atomic mass is 10.2. The van der Waals surface area contributed by atoms with E-state index in [2.05, 4.69) is 12.1 Å². The maximum absolute atomic E-state index is 13.2. The molecular formula is C19H20N2O2S3. The van der Waals surface area contributed by atoms with Crippen LogP contribution in [0.5, 0.6) is 0 Å². The van der Waals surface area contributed by atoms with Gasteiger partial charge in [0.1, 0.15) is 0 Å². The maximum Gasteiger partial charge on any atom is 0.244 e. The van der Waals surface area contributed by atoms with E-state index in [9.17, 15) is 13.7 Å². The molecule has 1 fully saturated rings. The number of nitriles is 1. The van der Waals surface area contributed by atoms with Crippen LogP contribution in [0, 0.1) is 25.2 Å². The van der Waals surface area contributed by atoms with Gasteiger partial charge in [0.05, 0.1) is 16.5 Å². The Bertz CT molecular complexity index is 939. The first-order chi connectivity index (χ1) is 12.4. The lowest BCUT2D eigenvalue weighted by Gasteiger charge is -2.26. The Morgan fingerprint density at radius 1 is 1.08 bits per heavy atom. The summed E-state index contributed by atoms with van der Waals surface area (Å²) in [6, 6.07) is 13.2. The summed E-state index contributed by atoms with van der Waals surface area (Å²) < 4.78 is 27.9. The molecule has 0 aliphatic carbocycles. The number of hydrogen-bond donors (Lipinski definition) is 0. The molecule has 0 radical (unpaired) electrons. The molecule has 0 N–H and O–H groups in total. The highest BCUT2D eigenvalue weighted by Crippen LogP contribution is 2.36. The number of aryl methyl sites for hydroxylation is 2. The monoisotopic (exact) mass is 404 g/mol. The van der Waals surface area contributed by atoms with Crippen LogP contribution in [0.3, 0.4) is 0 Å². The zero-order valence-electron chi connectivity index (χ0n) is 14.7. The Labute approximate surface area is 163 Å². The highest BCUT2D eigenvalue weighted by molar-refractivity contribution is 8.00.